The number of fused-ring (bicyclic) bond motifs is 2. The highest BCUT2D eigenvalue weighted by atomic mass is 32.2. The molecule has 0 aromatic heterocycles. The predicted molar refractivity (Wildman–Crippen MR) is 219 cm³/mol. The number of nitrogens with one attached hydrogen (secondary N) is 1. The zero-order valence-corrected chi connectivity index (χ0v) is 35.4. The van der Waals surface area contributed by atoms with Gasteiger partial charge in [0.05, 0.1) is 28.8 Å². The number of ether oxygens (including phenoxy) is 4. The lowest BCUT2D eigenvalue weighted by atomic mass is 9.92. The average Bonchev–Trinajstić information content (AvgIpc) is 3.14. The number of carbonyl (C=O) groups excluding carboxylic acids is 3. The molecule has 1 unspecified atom stereocenters. The first-order chi connectivity index (χ1) is 25.9. The number of thioether (sulfide) groups is 1. The lowest BCUT2D eigenvalue weighted by molar-refractivity contribution is -0.205. The molecule has 1 fully saturated rings. The topological polar surface area (TPSA) is 132 Å². The maximum Gasteiger partial charge on any atom is 0.338 e. The fourth-order valence-electron chi connectivity index (χ4n) is 5.80. The Hall–Kier alpha value is -3.43. The van der Waals surface area contributed by atoms with E-state index in [-0.39, 0.29) is 27.8 Å². The third kappa shape index (κ3) is 11.1. The highest BCUT2D eigenvalue weighted by Gasteiger charge is 2.56. The van der Waals surface area contributed by atoms with Gasteiger partial charge in [0.25, 0.3) is 0 Å². The summed E-state index contributed by atoms with van der Waals surface area (Å²) in [6.07, 6.45) is -0.973. The molecule has 5 rings (SSSR count). The molecule has 0 aliphatic carbocycles. The van der Waals surface area contributed by atoms with Gasteiger partial charge in [0.15, 0.2) is 26.6 Å². The van der Waals surface area contributed by atoms with E-state index in [0.29, 0.717) is 12.2 Å². The molecule has 10 nitrogen and oxygen atoms in total. The molecule has 13 heteroatoms. The number of benzene rings is 3. The molecule has 1 N–H and O–H groups in total. The molecule has 296 valence electrons. The molecule has 2 bridgehead atoms. The van der Waals surface area contributed by atoms with Gasteiger partial charge in [-0.3, -0.25) is 0 Å². The first-order valence-electron chi connectivity index (χ1n) is 18.5. The SMILES string of the molecule is CC(C)(C)[S@@+]([O-])N[C@@H]1C/C=C/C(O[Si](C)(C)C(C)(C)C)CS[C@H]2O[C@H]1[C@H](OC(=O)c1ccccc1)[C@H](OC(=O)c1ccccc1)[C@H]2OC(=O)c1ccccc1. The van der Waals surface area contributed by atoms with E-state index in [9.17, 15) is 18.9 Å². The van der Waals surface area contributed by atoms with Crippen LogP contribution in [0.5, 0.6) is 0 Å². The lowest BCUT2D eigenvalue weighted by Crippen LogP contribution is -2.66. The molecule has 0 saturated carbocycles. The van der Waals surface area contributed by atoms with Crippen LogP contribution in [-0.4, -0.2) is 83.3 Å². The van der Waals surface area contributed by atoms with E-state index in [1.165, 1.54) is 11.8 Å². The van der Waals surface area contributed by atoms with Crippen LogP contribution in [0.15, 0.2) is 103 Å². The predicted octanol–water partition coefficient (Wildman–Crippen LogP) is 7.89. The quantitative estimate of drug-likeness (QED) is 0.0705. The molecule has 0 radical (unpaired) electrons. The van der Waals surface area contributed by atoms with E-state index in [1.807, 2.05) is 32.9 Å². The van der Waals surface area contributed by atoms with Crippen LogP contribution in [0, 0.1) is 0 Å². The van der Waals surface area contributed by atoms with Crippen molar-refractivity contribution in [2.45, 2.75) is 113 Å². The molecule has 3 aromatic carbocycles. The smallest absolute Gasteiger partial charge is 0.338 e. The van der Waals surface area contributed by atoms with E-state index in [4.69, 9.17) is 23.4 Å². The monoisotopic (exact) mass is 807 g/mol. The van der Waals surface area contributed by atoms with E-state index in [1.54, 1.807) is 91.0 Å². The minimum Gasteiger partial charge on any atom is -0.598 e. The van der Waals surface area contributed by atoms with Crippen molar-refractivity contribution in [2.75, 3.05) is 5.75 Å². The summed E-state index contributed by atoms with van der Waals surface area (Å²) < 4.78 is 49.1. The van der Waals surface area contributed by atoms with Gasteiger partial charge in [-0.15, -0.1) is 16.5 Å². The van der Waals surface area contributed by atoms with Crippen LogP contribution in [0.25, 0.3) is 0 Å². The Bertz CT molecular complexity index is 1770. The molecule has 0 amide bonds. The molecule has 2 heterocycles. The number of rotatable bonds is 10. The van der Waals surface area contributed by atoms with E-state index in [0.717, 1.165) is 0 Å². The lowest BCUT2D eigenvalue weighted by Gasteiger charge is -2.47. The number of esters is 3. The molecule has 8 atom stereocenters. The molecule has 0 spiro atoms. The second-order valence-electron chi connectivity index (χ2n) is 16.2. The van der Waals surface area contributed by atoms with Crippen molar-refractivity contribution in [3.63, 3.8) is 0 Å². The van der Waals surface area contributed by atoms with E-state index in [2.05, 4.69) is 38.6 Å². The zero-order chi connectivity index (χ0) is 40.0. The van der Waals surface area contributed by atoms with Crippen LogP contribution in [0.2, 0.25) is 18.1 Å². The number of hydrogen-bond acceptors (Lipinski definition) is 11. The minimum absolute atomic E-state index is 0.0682. The van der Waals surface area contributed by atoms with Crippen molar-refractivity contribution in [1.82, 2.24) is 4.72 Å². The van der Waals surface area contributed by atoms with Gasteiger partial charge in [-0.25, -0.2) is 14.4 Å². The Morgan fingerprint density at radius 1 is 0.745 bits per heavy atom. The highest BCUT2D eigenvalue weighted by Crippen LogP contribution is 2.41. The summed E-state index contributed by atoms with van der Waals surface area (Å²) in [7, 11) is -2.26. The van der Waals surface area contributed by atoms with Crippen LogP contribution in [0.4, 0.5) is 0 Å². The van der Waals surface area contributed by atoms with Crippen LogP contribution in [0.1, 0.15) is 79.0 Å². The van der Waals surface area contributed by atoms with Gasteiger partial charge in [-0.1, -0.05) is 87.5 Å². The second kappa shape index (κ2) is 18.2. The second-order valence-corrected chi connectivity index (χ2v) is 24.1. The minimum atomic E-state index is -2.26. The van der Waals surface area contributed by atoms with E-state index < -0.39 is 78.2 Å². The van der Waals surface area contributed by atoms with Gasteiger partial charge in [0.2, 0.25) is 0 Å². The maximum absolute atomic E-state index is 14.0. The van der Waals surface area contributed by atoms with Crippen molar-refractivity contribution < 1.29 is 42.3 Å². The molecular weight excluding hydrogens is 755 g/mol. The highest BCUT2D eigenvalue weighted by molar-refractivity contribution is 7.99. The summed E-state index contributed by atoms with van der Waals surface area (Å²) in [4.78, 5) is 41.7. The van der Waals surface area contributed by atoms with Gasteiger partial charge >= 0.3 is 17.9 Å². The Balaban J connectivity index is 1.65. The van der Waals surface area contributed by atoms with Gasteiger partial charge in [-0.05, 0) is 81.7 Å². The Morgan fingerprint density at radius 3 is 1.65 bits per heavy atom. The molecule has 2 aliphatic heterocycles. The number of hydrogen-bond donors (Lipinski definition) is 1. The third-order valence-corrected chi connectivity index (χ3v) is 17.3. The summed E-state index contributed by atoms with van der Waals surface area (Å²) in [6, 6.07) is 24.6. The summed E-state index contributed by atoms with van der Waals surface area (Å²) >= 11 is -0.230. The van der Waals surface area contributed by atoms with Gasteiger partial charge in [0.1, 0.15) is 16.3 Å². The molecule has 1 saturated heterocycles. The largest absolute Gasteiger partial charge is 0.598 e. The fraction of sp³-hybridized carbons (Fsp3) is 0.452. The fourth-order valence-corrected chi connectivity index (χ4v) is 9.22. The van der Waals surface area contributed by atoms with Crippen molar-refractivity contribution in [2.24, 2.45) is 0 Å². The summed E-state index contributed by atoms with van der Waals surface area (Å²) in [5, 5.41) is -0.0682. The standard InChI is InChI=1S/C42H53NO9S2Si/c1-41(2,3)54(47)43-32-26-18-25-31(52-55(7,8)42(4,5)6)27-53-40-36(50-39(46)30-23-16-11-17-24-30)35(49-38(45)29-21-14-10-15-22-29)34(33(32)51-40)48-37(44)28-19-12-9-13-20-28/h9-25,31-36,40,43H,26-27H2,1-8H3/b25-18+/t31?,32-,33-,34+,35+,36-,40-,54-/m1/s1. The maximum atomic E-state index is 14.0. The summed E-state index contributed by atoms with van der Waals surface area (Å²) in [5.74, 6) is -1.65. The summed E-state index contributed by atoms with van der Waals surface area (Å²) in [5.41, 5.74) is -0.130. The van der Waals surface area contributed by atoms with E-state index >= 15 is 0 Å². The number of carbonyl (C=O) groups is 3. The van der Waals surface area contributed by atoms with Crippen molar-refractivity contribution in [3.8, 4) is 0 Å². The van der Waals surface area contributed by atoms with Crippen LogP contribution in [-0.2, 0) is 34.7 Å². The Labute approximate surface area is 333 Å². The van der Waals surface area contributed by atoms with Crippen LogP contribution >= 0.6 is 11.8 Å². The molecular formula is C42H53NO9S2Si. The first kappa shape index (κ1) is 42.7. The molecule has 3 aromatic rings. The Kier molecular flexibility index (Phi) is 14.1. The van der Waals surface area contributed by atoms with Crippen LogP contribution < -0.4 is 4.72 Å². The van der Waals surface area contributed by atoms with Gasteiger partial charge in [-0.2, -0.15) is 0 Å². The van der Waals surface area contributed by atoms with Crippen molar-refractivity contribution >= 4 is 49.3 Å². The van der Waals surface area contributed by atoms with Crippen LogP contribution in [0.3, 0.4) is 0 Å². The van der Waals surface area contributed by atoms with Gasteiger partial charge in [0, 0.05) is 17.1 Å². The zero-order valence-electron chi connectivity index (χ0n) is 32.8. The van der Waals surface area contributed by atoms with Crippen molar-refractivity contribution in [3.05, 3.63) is 120 Å². The average molecular weight is 808 g/mol. The molecule has 2 aliphatic rings. The third-order valence-electron chi connectivity index (χ3n) is 9.92. The van der Waals surface area contributed by atoms with Gasteiger partial charge < -0.3 is 27.9 Å². The van der Waals surface area contributed by atoms with Crippen molar-refractivity contribution in [1.29, 1.82) is 0 Å². The first-order valence-corrected chi connectivity index (χ1v) is 23.6. The Morgan fingerprint density at radius 2 is 1.20 bits per heavy atom. The summed E-state index contributed by atoms with van der Waals surface area (Å²) in [6.45, 7) is 16.5. The molecule has 55 heavy (non-hydrogen) atoms. The normalized spacial score (nSPS) is 25.9.